The maximum absolute atomic E-state index is 11.1. The molecular weight excluding hydrogens is 336 g/mol. The molecule has 0 aromatic heterocycles. The van der Waals surface area contributed by atoms with Gasteiger partial charge in [0.25, 0.3) is 0 Å². The molecule has 134 valence electrons. The second-order valence-electron chi connectivity index (χ2n) is 6.32. The SMILES string of the molecule is COc1ccc(-c2ccc3cccc(-c4ccc(OC)cc4)c3c2O)cc1. The highest BCUT2D eigenvalue weighted by Crippen LogP contribution is 2.41. The maximum atomic E-state index is 11.1. The fourth-order valence-corrected chi connectivity index (χ4v) is 3.37. The Morgan fingerprint density at radius 2 is 1.15 bits per heavy atom. The van der Waals surface area contributed by atoms with Crippen LogP contribution < -0.4 is 9.47 Å². The second-order valence-corrected chi connectivity index (χ2v) is 6.32. The Bertz CT molecular complexity index is 1080. The van der Waals surface area contributed by atoms with Crippen molar-refractivity contribution in [2.24, 2.45) is 0 Å². The summed E-state index contributed by atoms with van der Waals surface area (Å²) in [6.45, 7) is 0. The Labute approximate surface area is 158 Å². The average Bonchev–Trinajstić information content (AvgIpc) is 2.74. The van der Waals surface area contributed by atoms with E-state index in [1.165, 1.54) is 0 Å². The van der Waals surface area contributed by atoms with Crippen molar-refractivity contribution in [3.63, 3.8) is 0 Å². The van der Waals surface area contributed by atoms with Crippen molar-refractivity contribution in [1.82, 2.24) is 0 Å². The molecule has 0 spiro atoms. The molecule has 0 aliphatic rings. The maximum Gasteiger partial charge on any atom is 0.131 e. The number of benzene rings is 4. The van der Waals surface area contributed by atoms with Crippen LogP contribution in [0.5, 0.6) is 17.2 Å². The first-order chi connectivity index (χ1) is 13.2. The smallest absolute Gasteiger partial charge is 0.131 e. The minimum absolute atomic E-state index is 0.282. The average molecular weight is 356 g/mol. The van der Waals surface area contributed by atoms with Gasteiger partial charge < -0.3 is 14.6 Å². The predicted octanol–water partition coefficient (Wildman–Crippen LogP) is 5.90. The van der Waals surface area contributed by atoms with Crippen molar-refractivity contribution in [3.05, 3.63) is 78.9 Å². The van der Waals surface area contributed by atoms with Gasteiger partial charge in [-0.25, -0.2) is 0 Å². The third-order valence-corrected chi connectivity index (χ3v) is 4.82. The first-order valence-electron chi connectivity index (χ1n) is 8.75. The summed E-state index contributed by atoms with van der Waals surface area (Å²) >= 11 is 0. The number of aromatic hydroxyl groups is 1. The number of ether oxygens (including phenoxy) is 2. The minimum Gasteiger partial charge on any atom is -0.507 e. The summed E-state index contributed by atoms with van der Waals surface area (Å²) in [5, 5.41) is 13.0. The summed E-state index contributed by atoms with van der Waals surface area (Å²) in [6.07, 6.45) is 0. The first kappa shape index (κ1) is 17.0. The highest BCUT2D eigenvalue weighted by atomic mass is 16.5. The highest BCUT2D eigenvalue weighted by Gasteiger charge is 2.13. The Kier molecular flexibility index (Phi) is 4.43. The van der Waals surface area contributed by atoms with Gasteiger partial charge in [0.15, 0.2) is 0 Å². The predicted molar refractivity (Wildman–Crippen MR) is 110 cm³/mol. The van der Waals surface area contributed by atoms with Gasteiger partial charge in [-0.2, -0.15) is 0 Å². The minimum atomic E-state index is 0.282. The largest absolute Gasteiger partial charge is 0.507 e. The van der Waals surface area contributed by atoms with Crippen LogP contribution in [0, 0.1) is 0 Å². The Morgan fingerprint density at radius 3 is 1.70 bits per heavy atom. The molecule has 4 aromatic rings. The van der Waals surface area contributed by atoms with Crippen molar-refractivity contribution in [2.75, 3.05) is 14.2 Å². The number of rotatable bonds is 4. The molecule has 0 aliphatic heterocycles. The summed E-state index contributed by atoms with van der Waals surface area (Å²) < 4.78 is 10.5. The first-order valence-corrected chi connectivity index (χ1v) is 8.75. The van der Waals surface area contributed by atoms with E-state index < -0.39 is 0 Å². The lowest BCUT2D eigenvalue weighted by molar-refractivity contribution is 0.414. The second kappa shape index (κ2) is 7.04. The van der Waals surface area contributed by atoms with E-state index in [0.29, 0.717) is 0 Å². The van der Waals surface area contributed by atoms with E-state index >= 15 is 0 Å². The third kappa shape index (κ3) is 3.08. The van der Waals surface area contributed by atoms with E-state index in [0.717, 1.165) is 44.5 Å². The number of phenolic OH excluding ortho intramolecular Hbond substituents is 1. The van der Waals surface area contributed by atoms with Gasteiger partial charge in [0.05, 0.1) is 14.2 Å². The van der Waals surface area contributed by atoms with E-state index in [1.807, 2.05) is 78.9 Å². The van der Waals surface area contributed by atoms with Crippen molar-refractivity contribution >= 4 is 10.8 Å². The van der Waals surface area contributed by atoms with E-state index in [1.54, 1.807) is 14.2 Å². The lowest BCUT2D eigenvalue weighted by atomic mass is 9.93. The zero-order valence-corrected chi connectivity index (χ0v) is 15.3. The third-order valence-electron chi connectivity index (χ3n) is 4.82. The number of phenols is 1. The van der Waals surface area contributed by atoms with Gasteiger partial charge in [0.2, 0.25) is 0 Å². The standard InChI is InChI=1S/C24H20O3/c1-26-19-11-6-16(7-12-19)21-5-3-4-18-10-15-22(24(25)23(18)21)17-8-13-20(27-2)14-9-17/h3-15,25H,1-2H3. The van der Waals surface area contributed by atoms with Gasteiger partial charge in [-0.15, -0.1) is 0 Å². The van der Waals surface area contributed by atoms with Gasteiger partial charge in [0.1, 0.15) is 17.2 Å². The van der Waals surface area contributed by atoms with Crippen LogP contribution >= 0.6 is 0 Å². The van der Waals surface area contributed by atoms with Gasteiger partial charge >= 0.3 is 0 Å². The van der Waals surface area contributed by atoms with Crippen LogP contribution in [0.2, 0.25) is 0 Å². The molecule has 0 radical (unpaired) electrons. The molecule has 0 unspecified atom stereocenters. The summed E-state index contributed by atoms with van der Waals surface area (Å²) in [6, 6.07) is 25.6. The molecule has 0 saturated heterocycles. The number of hydrogen-bond acceptors (Lipinski definition) is 3. The molecule has 4 aromatic carbocycles. The van der Waals surface area contributed by atoms with Gasteiger partial charge in [-0.05, 0) is 46.3 Å². The molecule has 0 saturated carbocycles. The number of methoxy groups -OCH3 is 2. The molecule has 27 heavy (non-hydrogen) atoms. The molecule has 0 heterocycles. The van der Waals surface area contributed by atoms with Gasteiger partial charge in [-0.3, -0.25) is 0 Å². The fourth-order valence-electron chi connectivity index (χ4n) is 3.37. The Morgan fingerprint density at radius 1 is 0.593 bits per heavy atom. The van der Waals surface area contributed by atoms with Crippen LogP contribution in [0.1, 0.15) is 0 Å². The Balaban J connectivity index is 1.90. The molecular formula is C24H20O3. The zero-order chi connectivity index (χ0) is 18.8. The lowest BCUT2D eigenvalue weighted by Crippen LogP contribution is -1.87. The lowest BCUT2D eigenvalue weighted by Gasteiger charge is -2.13. The van der Waals surface area contributed by atoms with Crippen molar-refractivity contribution in [2.45, 2.75) is 0 Å². The molecule has 1 N–H and O–H groups in total. The topological polar surface area (TPSA) is 38.7 Å². The van der Waals surface area contributed by atoms with Crippen molar-refractivity contribution in [3.8, 4) is 39.5 Å². The molecule has 0 fully saturated rings. The van der Waals surface area contributed by atoms with E-state index in [-0.39, 0.29) is 5.75 Å². The monoisotopic (exact) mass is 356 g/mol. The summed E-state index contributed by atoms with van der Waals surface area (Å²) in [4.78, 5) is 0. The van der Waals surface area contributed by atoms with Crippen molar-refractivity contribution in [1.29, 1.82) is 0 Å². The number of hydrogen-bond donors (Lipinski definition) is 1. The molecule has 3 heteroatoms. The van der Waals surface area contributed by atoms with Crippen LogP contribution in [-0.4, -0.2) is 19.3 Å². The van der Waals surface area contributed by atoms with Crippen LogP contribution in [0.15, 0.2) is 78.9 Å². The summed E-state index contributed by atoms with van der Waals surface area (Å²) in [5.74, 6) is 1.88. The number of fused-ring (bicyclic) bond motifs is 1. The van der Waals surface area contributed by atoms with Crippen LogP contribution in [0.25, 0.3) is 33.0 Å². The highest BCUT2D eigenvalue weighted by molar-refractivity contribution is 6.04. The van der Waals surface area contributed by atoms with Gasteiger partial charge in [-0.1, -0.05) is 54.6 Å². The summed E-state index contributed by atoms with van der Waals surface area (Å²) in [7, 11) is 3.30. The molecule has 0 atom stereocenters. The van der Waals surface area contributed by atoms with Crippen LogP contribution in [-0.2, 0) is 0 Å². The molecule has 0 aliphatic carbocycles. The molecule has 3 nitrogen and oxygen atoms in total. The Hall–Kier alpha value is -3.46. The van der Waals surface area contributed by atoms with Gasteiger partial charge in [0, 0.05) is 10.9 Å². The van der Waals surface area contributed by atoms with Crippen LogP contribution in [0.4, 0.5) is 0 Å². The fraction of sp³-hybridized carbons (Fsp3) is 0.0833. The molecule has 0 amide bonds. The van der Waals surface area contributed by atoms with Crippen LogP contribution in [0.3, 0.4) is 0 Å². The van der Waals surface area contributed by atoms with Crippen molar-refractivity contribution < 1.29 is 14.6 Å². The molecule has 4 rings (SSSR count). The normalized spacial score (nSPS) is 10.7. The zero-order valence-electron chi connectivity index (χ0n) is 15.3. The molecule has 0 bridgehead atoms. The van der Waals surface area contributed by atoms with E-state index in [9.17, 15) is 5.11 Å². The summed E-state index contributed by atoms with van der Waals surface area (Å²) in [5.41, 5.74) is 3.76. The quantitative estimate of drug-likeness (QED) is 0.495. The van der Waals surface area contributed by atoms with E-state index in [4.69, 9.17) is 9.47 Å². The van der Waals surface area contributed by atoms with E-state index in [2.05, 4.69) is 0 Å².